The van der Waals surface area contributed by atoms with Gasteiger partial charge in [-0.05, 0) is 53.9 Å². The molecule has 0 bridgehead atoms. The monoisotopic (exact) mass is 411 g/mol. The van der Waals surface area contributed by atoms with Crippen LogP contribution in [0.2, 0.25) is 0 Å². The van der Waals surface area contributed by atoms with Crippen LogP contribution in [-0.4, -0.2) is 24.0 Å². The maximum atomic E-state index is 12.7. The Labute approximate surface area is 179 Å². The van der Waals surface area contributed by atoms with Gasteiger partial charge in [-0.15, -0.1) is 0 Å². The number of anilines is 2. The topological polar surface area (TPSA) is 67.6 Å². The molecule has 1 unspecified atom stereocenters. The van der Waals surface area contributed by atoms with E-state index in [1.165, 1.54) is 5.56 Å². The number of amides is 1. The lowest BCUT2D eigenvalue weighted by molar-refractivity contribution is 0.102. The summed E-state index contributed by atoms with van der Waals surface area (Å²) >= 11 is 0. The molecule has 2 aliphatic rings. The number of carbonyl (C=O) groups excluding carboxylic acids is 1. The minimum absolute atomic E-state index is 0.148. The zero-order valence-electron chi connectivity index (χ0n) is 16.9. The summed E-state index contributed by atoms with van der Waals surface area (Å²) in [6.07, 6.45) is 1.92. The molecule has 4 aromatic rings. The van der Waals surface area contributed by atoms with Crippen LogP contribution in [-0.2, 0) is 6.42 Å². The third kappa shape index (κ3) is 3.20. The number of hydrogen-bond acceptors (Lipinski definition) is 5. The molecule has 1 aromatic heterocycles. The van der Waals surface area contributed by atoms with E-state index in [-0.39, 0.29) is 11.9 Å². The fraction of sp³-hybridized carbons (Fsp3) is 0.200. The second-order valence-electron chi connectivity index (χ2n) is 7.96. The van der Waals surface area contributed by atoms with Crippen molar-refractivity contribution in [2.45, 2.75) is 18.9 Å². The standard InChI is InChI=1S/C25H21N3O3/c29-24(18-6-8-22-17(14-18)11-13-30-22)26-19-7-9-23-20(15-19)27-25(31-23)28-12-10-21(28)16-4-2-1-3-5-16/h1-9,14-15,21H,10-13H2,(H,26,29). The van der Waals surface area contributed by atoms with Crippen LogP contribution in [0, 0.1) is 0 Å². The molecule has 6 rings (SSSR count). The number of hydrogen-bond donors (Lipinski definition) is 1. The Hall–Kier alpha value is -3.80. The van der Waals surface area contributed by atoms with Crippen molar-refractivity contribution in [1.29, 1.82) is 0 Å². The van der Waals surface area contributed by atoms with E-state index in [0.29, 0.717) is 29.5 Å². The Kier molecular flexibility index (Phi) is 4.16. The lowest BCUT2D eigenvalue weighted by Crippen LogP contribution is -2.41. The van der Waals surface area contributed by atoms with Gasteiger partial charge in [-0.25, -0.2) is 0 Å². The van der Waals surface area contributed by atoms with E-state index in [0.717, 1.165) is 36.2 Å². The Balaban J connectivity index is 1.22. The first kappa shape index (κ1) is 18.0. The SMILES string of the molecule is O=C(Nc1ccc2oc(N3CCC3c3ccccc3)nc2c1)c1ccc2c(c1)CCO2. The molecule has 1 saturated heterocycles. The summed E-state index contributed by atoms with van der Waals surface area (Å²) in [6.45, 7) is 1.59. The molecule has 3 aromatic carbocycles. The van der Waals surface area contributed by atoms with Crippen LogP contribution in [0.4, 0.5) is 11.7 Å². The van der Waals surface area contributed by atoms with Crippen molar-refractivity contribution in [1.82, 2.24) is 4.98 Å². The van der Waals surface area contributed by atoms with E-state index in [1.807, 2.05) is 36.4 Å². The van der Waals surface area contributed by atoms with E-state index < -0.39 is 0 Å². The van der Waals surface area contributed by atoms with Crippen LogP contribution in [0.15, 0.2) is 71.1 Å². The van der Waals surface area contributed by atoms with Gasteiger partial charge in [0.2, 0.25) is 0 Å². The molecule has 1 N–H and O–H groups in total. The average molecular weight is 411 g/mol. The van der Waals surface area contributed by atoms with E-state index in [4.69, 9.17) is 9.15 Å². The normalized spacial score (nSPS) is 17.2. The molecule has 1 amide bonds. The van der Waals surface area contributed by atoms with Crippen LogP contribution in [0.1, 0.15) is 33.9 Å². The largest absolute Gasteiger partial charge is 0.493 e. The summed E-state index contributed by atoms with van der Waals surface area (Å²) < 4.78 is 11.5. The van der Waals surface area contributed by atoms with Crippen molar-refractivity contribution in [2.75, 3.05) is 23.4 Å². The minimum Gasteiger partial charge on any atom is -0.493 e. The maximum absolute atomic E-state index is 12.7. The quantitative estimate of drug-likeness (QED) is 0.514. The van der Waals surface area contributed by atoms with Crippen molar-refractivity contribution in [3.63, 3.8) is 0 Å². The van der Waals surface area contributed by atoms with Crippen LogP contribution >= 0.6 is 0 Å². The Morgan fingerprint density at radius 3 is 2.81 bits per heavy atom. The van der Waals surface area contributed by atoms with Gasteiger partial charge in [0.1, 0.15) is 11.3 Å². The summed E-state index contributed by atoms with van der Waals surface area (Å²) in [5, 5.41) is 2.97. The van der Waals surface area contributed by atoms with E-state index >= 15 is 0 Å². The Morgan fingerprint density at radius 2 is 1.97 bits per heavy atom. The molecule has 0 radical (unpaired) electrons. The maximum Gasteiger partial charge on any atom is 0.298 e. The predicted octanol–water partition coefficient (Wildman–Crippen LogP) is 4.97. The van der Waals surface area contributed by atoms with Crippen LogP contribution < -0.4 is 15.0 Å². The van der Waals surface area contributed by atoms with Crippen molar-refractivity contribution in [2.24, 2.45) is 0 Å². The summed E-state index contributed by atoms with van der Waals surface area (Å²) in [4.78, 5) is 19.6. The number of fused-ring (bicyclic) bond motifs is 2. The van der Waals surface area contributed by atoms with Gasteiger partial charge in [-0.1, -0.05) is 30.3 Å². The van der Waals surface area contributed by atoms with Crippen LogP contribution in [0.5, 0.6) is 5.75 Å². The number of nitrogens with one attached hydrogen (secondary N) is 1. The fourth-order valence-corrected chi connectivity index (χ4v) is 4.29. The smallest absolute Gasteiger partial charge is 0.298 e. The number of carbonyl (C=O) groups is 1. The summed E-state index contributed by atoms with van der Waals surface area (Å²) in [5.74, 6) is 0.720. The van der Waals surface area contributed by atoms with Gasteiger partial charge in [-0.2, -0.15) is 4.98 Å². The molecule has 154 valence electrons. The number of aromatic nitrogens is 1. The first-order valence-corrected chi connectivity index (χ1v) is 10.5. The second-order valence-corrected chi connectivity index (χ2v) is 7.96. The Bertz CT molecular complexity index is 1280. The molecule has 0 spiro atoms. The third-order valence-corrected chi connectivity index (χ3v) is 6.04. The van der Waals surface area contributed by atoms with Gasteiger partial charge in [0, 0.05) is 24.2 Å². The summed E-state index contributed by atoms with van der Waals surface area (Å²) in [5.41, 5.74) is 5.10. The van der Waals surface area contributed by atoms with Gasteiger partial charge in [0.25, 0.3) is 11.9 Å². The molecule has 6 heteroatoms. The van der Waals surface area contributed by atoms with Gasteiger partial charge in [-0.3, -0.25) is 4.79 Å². The van der Waals surface area contributed by atoms with Crippen LogP contribution in [0.25, 0.3) is 11.1 Å². The number of benzene rings is 3. The zero-order chi connectivity index (χ0) is 20.8. The number of nitrogens with zero attached hydrogens (tertiary/aromatic N) is 2. The highest BCUT2D eigenvalue weighted by Crippen LogP contribution is 2.38. The molecule has 6 nitrogen and oxygen atoms in total. The number of rotatable bonds is 4. The highest BCUT2D eigenvalue weighted by molar-refractivity contribution is 6.05. The van der Waals surface area contributed by atoms with Crippen molar-refractivity contribution in [3.8, 4) is 5.75 Å². The van der Waals surface area contributed by atoms with Crippen molar-refractivity contribution < 1.29 is 13.9 Å². The first-order chi connectivity index (χ1) is 15.2. The number of oxazole rings is 1. The lowest BCUT2D eigenvalue weighted by atomic mass is 9.95. The van der Waals surface area contributed by atoms with E-state index in [1.54, 1.807) is 6.07 Å². The Morgan fingerprint density at radius 1 is 1.06 bits per heavy atom. The molecule has 3 heterocycles. The predicted molar refractivity (Wildman–Crippen MR) is 119 cm³/mol. The molecule has 1 fully saturated rings. The van der Waals surface area contributed by atoms with E-state index in [2.05, 4.69) is 39.5 Å². The van der Waals surface area contributed by atoms with E-state index in [9.17, 15) is 4.79 Å². The minimum atomic E-state index is -0.148. The highest BCUT2D eigenvalue weighted by atomic mass is 16.5. The van der Waals surface area contributed by atoms with Crippen molar-refractivity contribution in [3.05, 3.63) is 83.4 Å². The molecule has 0 saturated carbocycles. The fourth-order valence-electron chi connectivity index (χ4n) is 4.29. The number of ether oxygens (including phenoxy) is 1. The molecule has 31 heavy (non-hydrogen) atoms. The highest BCUT2D eigenvalue weighted by Gasteiger charge is 2.32. The van der Waals surface area contributed by atoms with Gasteiger partial charge < -0.3 is 19.4 Å². The second kappa shape index (κ2) is 7.16. The molecular formula is C25H21N3O3. The third-order valence-electron chi connectivity index (χ3n) is 6.04. The average Bonchev–Trinajstić information content (AvgIpc) is 3.39. The van der Waals surface area contributed by atoms with Crippen molar-refractivity contribution >= 4 is 28.7 Å². The van der Waals surface area contributed by atoms with Gasteiger partial charge in [0.05, 0.1) is 12.6 Å². The summed E-state index contributed by atoms with van der Waals surface area (Å²) in [7, 11) is 0. The molecule has 0 aliphatic carbocycles. The molecular weight excluding hydrogens is 390 g/mol. The lowest BCUT2D eigenvalue weighted by Gasteiger charge is -2.40. The summed E-state index contributed by atoms with van der Waals surface area (Å²) in [6, 6.07) is 22.4. The van der Waals surface area contributed by atoms with Gasteiger partial charge in [0.15, 0.2) is 5.58 Å². The van der Waals surface area contributed by atoms with Gasteiger partial charge >= 0.3 is 0 Å². The zero-order valence-corrected chi connectivity index (χ0v) is 16.9. The molecule has 2 aliphatic heterocycles. The van der Waals surface area contributed by atoms with Crippen LogP contribution in [0.3, 0.4) is 0 Å². The first-order valence-electron chi connectivity index (χ1n) is 10.5. The molecule has 1 atom stereocenters.